The second kappa shape index (κ2) is 4.26. The number of hydrogen-bond acceptors (Lipinski definition) is 3. The van der Waals surface area contributed by atoms with Crippen molar-refractivity contribution in [2.75, 3.05) is 0 Å². The van der Waals surface area contributed by atoms with Crippen LogP contribution in [0.1, 0.15) is 5.56 Å². The molecule has 1 aromatic heterocycles. The van der Waals surface area contributed by atoms with Gasteiger partial charge in [-0.3, -0.25) is 0 Å². The number of benzene rings is 2. The number of aromatic nitrogens is 1. The molecule has 0 unspecified atom stereocenters. The fourth-order valence-corrected chi connectivity index (χ4v) is 3.07. The molecule has 0 aliphatic heterocycles. The highest BCUT2D eigenvalue weighted by Gasteiger charge is 2.09. The van der Waals surface area contributed by atoms with Gasteiger partial charge < -0.3 is 5.11 Å². The lowest BCUT2D eigenvalue weighted by Crippen LogP contribution is -1.78. The molecule has 18 heavy (non-hydrogen) atoms. The molecule has 0 aliphatic carbocycles. The van der Waals surface area contributed by atoms with Gasteiger partial charge in [0, 0.05) is 5.56 Å². The maximum atomic E-state index is 9.43. The number of fused-ring (bicyclic) bond motifs is 1. The van der Waals surface area contributed by atoms with Crippen molar-refractivity contribution in [1.82, 2.24) is 4.98 Å². The highest BCUT2D eigenvalue weighted by atomic mass is 35.5. The summed E-state index contributed by atoms with van der Waals surface area (Å²) in [4.78, 5) is 4.63. The molecule has 0 aliphatic rings. The van der Waals surface area contributed by atoms with Crippen molar-refractivity contribution in [2.24, 2.45) is 0 Å². The lowest BCUT2D eigenvalue weighted by atomic mass is 10.2. The summed E-state index contributed by atoms with van der Waals surface area (Å²) in [5, 5.41) is 10.7. The molecule has 1 N–H and O–H groups in total. The third-order valence-electron chi connectivity index (χ3n) is 2.82. The van der Waals surface area contributed by atoms with E-state index in [9.17, 15) is 5.11 Å². The van der Waals surface area contributed by atoms with Crippen LogP contribution in [0.5, 0.6) is 5.75 Å². The van der Waals surface area contributed by atoms with Crippen molar-refractivity contribution in [1.29, 1.82) is 0 Å². The van der Waals surface area contributed by atoms with Crippen LogP contribution in [0.25, 0.3) is 20.8 Å². The van der Waals surface area contributed by atoms with Gasteiger partial charge in [-0.15, -0.1) is 11.3 Å². The Morgan fingerprint density at radius 2 is 2.06 bits per heavy atom. The van der Waals surface area contributed by atoms with Crippen molar-refractivity contribution >= 4 is 33.2 Å². The maximum absolute atomic E-state index is 9.43. The standard InChI is InChI=1S/C14H10ClNOS/c1-8-3-2-4-12-13(8)16-14(18-12)9-5-6-11(17)10(15)7-9/h2-7,17H,1H3. The van der Waals surface area contributed by atoms with Crippen LogP contribution in [0, 0.1) is 6.92 Å². The predicted octanol–water partition coefficient (Wildman–Crippen LogP) is 4.63. The summed E-state index contributed by atoms with van der Waals surface area (Å²) in [6.07, 6.45) is 0. The van der Waals surface area contributed by atoms with Crippen molar-refractivity contribution < 1.29 is 5.11 Å². The van der Waals surface area contributed by atoms with Crippen molar-refractivity contribution in [3.05, 3.63) is 47.0 Å². The first-order chi connectivity index (χ1) is 8.65. The molecule has 90 valence electrons. The van der Waals surface area contributed by atoms with Crippen LogP contribution >= 0.6 is 22.9 Å². The van der Waals surface area contributed by atoms with Crippen molar-refractivity contribution in [3.63, 3.8) is 0 Å². The van der Waals surface area contributed by atoms with Gasteiger partial charge in [0.1, 0.15) is 10.8 Å². The first-order valence-corrected chi connectivity index (χ1v) is 6.69. The van der Waals surface area contributed by atoms with E-state index in [1.54, 1.807) is 23.5 Å². The summed E-state index contributed by atoms with van der Waals surface area (Å²) in [6.45, 7) is 2.05. The van der Waals surface area contributed by atoms with E-state index in [1.807, 2.05) is 12.1 Å². The predicted molar refractivity (Wildman–Crippen MR) is 76.5 cm³/mol. The van der Waals surface area contributed by atoms with Crippen molar-refractivity contribution in [2.45, 2.75) is 6.92 Å². The number of phenols is 1. The Labute approximate surface area is 113 Å². The Hall–Kier alpha value is -1.58. The average Bonchev–Trinajstić information content (AvgIpc) is 2.78. The SMILES string of the molecule is Cc1cccc2sc(-c3ccc(O)c(Cl)c3)nc12. The number of hydrogen-bond donors (Lipinski definition) is 1. The molecule has 0 saturated carbocycles. The minimum atomic E-state index is 0.0951. The van der Waals surface area contributed by atoms with Crippen LogP contribution in [0.3, 0.4) is 0 Å². The van der Waals surface area contributed by atoms with Gasteiger partial charge in [-0.25, -0.2) is 4.98 Å². The van der Waals surface area contributed by atoms with Crippen molar-refractivity contribution in [3.8, 4) is 16.3 Å². The molecule has 2 nitrogen and oxygen atoms in total. The molecule has 0 spiro atoms. The molecule has 2 aromatic carbocycles. The molecular formula is C14H10ClNOS. The molecule has 0 atom stereocenters. The zero-order valence-corrected chi connectivity index (χ0v) is 11.2. The second-order valence-corrected chi connectivity index (χ2v) is 5.54. The Bertz CT molecular complexity index is 736. The van der Waals surface area contributed by atoms with E-state index in [4.69, 9.17) is 11.6 Å². The fourth-order valence-electron chi connectivity index (χ4n) is 1.85. The summed E-state index contributed by atoms with van der Waals surface area (Å²) < 4.78 is 1.16. The molecule has 0 fully saturated rings. The molecule has 4 heteroatoms. The first-order valence-electron chi connectivity index (χ1n) is 5.50. The Kier molecular flexibility index (Phi) is 2.73. The summed E-state index contributed by atoms with van der Waals surface area (Å²) in [5.74, 6) is 0.0951. The van der Waals surface area contributed by atoms with E-state index >= 15 is 0 Å². The van der Waals surface area contributed by atoms with E-state index in [0.29, 0.717) is 5.02 Å². The summed E-state index contributed by atoms with van der Waals surface area (Å²) in [6, 6.07) is 11.3. The quantitative estimate of drug-likeness (QED) is 0.702. The topological polar surface area (TPSA) is 33.1 Å². The Morgan fingerprint density at radius 1 is 1.22 bits per heavy atom. The van der Waals surface area contributed by atoms with Crippen LogP contribution in [-0.2, 0) is 0 Å². The summed E-state index contributed by atoms with van der Waals surface area (Å²) >= 11 is 7.55. The molecule has 0 amide bonds. The fraction of sp³-hybridized carbons (Fsp3) is 0.0714. The number of para-hydroxylation sites is 1. The largest absolute Gasteiger partial charge is 0.506 e. The minimum absolute atomic E-state index is 0.0951. The van der Waals surface area contributed by atoms with Crippen LogP contribution in [-0.4, -0.2) is 10.1 Å². The van der Waals surface area contributed by atoms with E-state index in [1.165, 1.54) is 5.56 Å². The van der Waals surface area contributed by atoms with Gasteiger partial charge in [0.15, 0.2) is 0 Å². The highest BCUT2D eigenvalue weighted by molar-refractivity contribution is 7.21. The first kappa shape index (κ1) is 11.5. The van der Waals surface area contributed by atoms with E-state index in [0.717, 1.165) is 20.8 Å². The Balaban J connectivity index is 2.19. The van der Waals surface area contributed by atoms with Gasteiger partial charge in [-0.1, -0.05) is 23.7 Å². The Morgan fingerprint density at radius 3 is 2.78 bits per heavy atom. The average molecular weight is 276 g/mol. The van der Waals surface area contributed by atoms with Crippen LogP contribution in [0.2, 0.25) is 5.02 Å². The number of rotatable bonds is 1. The number of aryl methyl sites for hydroxylation is 1. The van der Waals surface area contributed by atoms with Crippen LogP contribution in [0.4, 0.5) is 0 Å². The summed E-state index contributed by atoms with van der Waals surface area (Å²) in [5.41, 5.74) is 3.12. The number of halogens is 1. The number of nitrogens with zero attached hydrogens (tertiary/aromatic N) is 1. The summed E-state index contributed by atoms with van der Waals surface area (Å²) in [7, 11) is 0. The monoisotopic (exact) mass is 275 g/mol. The molecule has 3 aromatic rings. The van der Waals surface area contributed by atoms with Gasteiger partial charge >= 0.3 is 0 Å². The number of aromatic hydroxyl groups is 1. The molecule has 3 rings (SSSR count). The van der Waals surface area contributed by atoms with Gasteiger partial charge in [0.2, 0.25) is 0 Å². The normalized spacial score (nSPS) is 11.0. The van der Waals surface area contributed by atoms with E-state index < -0.39 is 0 Å². The zero-order valence-electron chi connectivity index (χ0n) is 9.64. The molecule has 0 bridgehead atoms. The third kappa shape index (κ3) is 1.85. The van der Waals surface area contributed by atoms with Gasteiger partial charge in [0.25, 0.3) is 0 Å². The molecular weight excluding hydrogens is 266 g/mol. The lowest BCUT2D eigenvalue weighted by Gasteiger charge is -1.99. The van der Waals surface area contributed by atoms with Gasteiger partial charge in [0.05, 0.1) is 15.2 Å². The van der Waals surface area contributed by atoms with E-state index in [2.05, 4.69) is 24.0 Å². The molecule has 0 radical (unpaired) electrons. The maximum Gasteiger partial charge on any atom is 0.134 e. The number of thiazole rings is 1. The second-order valence-electron chi connectivity index (χ2n) is 4.11. The third-order valence-corrected chi connectivity index (χ3v) is 4.19. The smallest absolute Gasteiger partial charge is 0.134 e. The lowest BCUT2D eigenvalue weighted by molar-refractivity contribution is 0.475. The zero-order chi connectivity index (χ0) is 12.7. The van der Waals surface area contributed by atoms with E-state index in [-0.39, 0.29) is 5.75 Å². The molecule has 0 saturated heterocycles. The minimum Gasteiger partial charge on any atom is -0.506 e. The number of phenolic OH excluding ortho intramolecular Hbond substituents is 1. The van der Waals surface area contributed by atoms with Gasteiger partial charge in [-0.05, 0) is 36.8 Å². The highest BCUT2D eigenvalue weighted by Crippen LogP contribution is 2.34. The van der Waals surface area contributed by atoms with Crippen LogP contribution < -0.4 is 0 Å². The van der Waals surface area contributed by atoms with Crippen LogP contribution in [0.15, 0.2) is 36.4 Å². The molecule has 1 heterocycles. The van der Waals surface area contributed by atoms with Gasteiger partial charge in [-0.2, -0.15) is 0 Å².